The molecule has 0 spiro atoms. The van der Waals surface area contributed by atoms with E-state index in [0.29, 0.717) is 16.9 Å². The minimum Gasteiger partial charge on any atom is -0.478 e. The Kier molecular flexibility index (Phi) is 5.54. The summed E-state index contributed by atoms with van der Waals surface area (Å²) in [6.45, 7) is 6.93. The predicted octanol–water partition coefficient (Wildman–Crippen LogP) is 3.89. The average molecular weight is 358 g/mol. The molecule has 5 nitrogen and oxygen atoms in total. The summed E-state index contributed by atoms with van der Waals surface area (Å²) in [5.74, 6) is 0.979. The fourth-order valence-corrected chi connectivity index (χ4v) is 3.99. The Labute approximate surface area is 155 Å². The van der Waals surface area contributed by atoms with Crippen LogP contribution in [-0.4, -0.2) is 24.0 Å². The molecule has 0 saturated heterocycles. The lowest BCUT2D eigenvalue weighted by atomic mass is 9.69. The molecule has 1 aromatic rings. The van der Waals surface area contributed by atoms with Gasteiger partial charge in [0.2, 0.25) is 5.91 Å². The van der Waals surface area contributed by atoms with Crippen molar-refractivity contribution < 1.29 is 14.3 Å². The van der Waals surface area contributed by atoms with Crippen LogP contribution < -0.4 is 15.4 Å². The molecule has 1 aliphatic heterocycles. The maximum atomic E-state index is 12.4. The second-order valence-corrected chi connectivity index (χ2v) is 8.25. The molecule has 0 bridgehead atoms. The second kappa shape index (κ2) is 7.68. The molecule has 26 heavy (non-hydrogen) atoms. The van der Waals surface area contributed by atoms with Crippen LogP contribution in [0.3, 0.4) is 0 Å². The highest BCUT2D eigenvalue weighted by Gasteiger charge is 2.33. The van der Waals surface area contributed by atoms with Crippen molar-refractivity contribution in [2.75, 3.05) is 5.32 Å². The van der Waals surface area contributed by atoms with E-state index in [1.165, 1.54) is 6.42 Å². The van der Waals surface area contributed by atoms with Gasteiger partial charge in [0.15, 0.2) is 6.10 Å². The summed E-state index contributed by atoms with van der Waals surface area (Å²) < 4.78 is 5.71. The maximum Gasteiger partial charge on any atom is 0.266 e. The van der Waals surface area contributed by atoms with Crippen molar-refractivity contribution in [2.24, 2.45) is 11.3 Å². The van der Waals surface area contributed by atoms with E-state index in [1.54, 1.807) is 12.1 Å². The Balaban J connectivity index is 1.49. The van der Waals surface area contributed by atoms with Gasteiger partial charge in [0.05, 0.1) is 12.1 Å². The molecule has 1 atom stereocenters. The molecule has 1 aliphatic carbocycles. The number of ether oxygens (including phenoxy) is 1. The van der Waals surface area contributed by atoms with Gasteiger partial charge in [0.1, 0.15) is 5.75 Å². The smallest absolute Gasteiger partial charge is 0.266 e. The van der Waals surface area contributed by atoms with E-state index in [4.69, 9.17) is 4.74 Å². The van der Waals surface area contributed by atoms with Crippen LogP contribution in [0.15, 0.2) is 24.3 Å². The molecular weight excluding hydrogens is 328 g/mol. The molecule has 0 unspecified atom stereocenters. The topological polar surface area (TPSA) is 67.4 Å². The van der Waals surface area contributed by atoms with Crippen molar-refractivity contribution in [1.82, 2.24) is 5.32 Å². The van der Waals surface area contributed by atoms with E-state index >= 15 is 0 Å². The maximum absolute atomic E-state index is 12.4. The molecule has 1 saturated carbocycles. The van der Waals surface area contributed by atoms with E-state index in [1.807, 2.05) is 12.1 Å². The van der Waals surface area contributed by atoms with Gasteiger partial charge in [-0.05, 0) is 49.1 Å². The quantitative estimate of drug-likeness (QED) is 0.839. The third kappa shape index (κ3) is 4.19. The number of benzene rings is 1. The summed E-state index contributed by atoms with van der Waals surface area (Å²) >= 11 is 0. The Hall–Kier alpha value is -2.04. The number of hydrogen-bond donors (Lipinski definition) is 2. The number of amides is 2. The molecule has 2 N–H and O–H groups in total. The lowest BCUT2D eigenvalue weighted by Crippen LogP contribution is -2.44. The number of fused-ring (bicyclic) bond motifs is 1. The van der Waals surface area contributed by atoms with Crippen LogP contribution in [0.5, 0.6) is 5.75 Å². The van der Waals surface area contributed by atoms with Crippen LogP contribution in [0.25, 0.3) is 0 Å². The van der Waals surface area contributed by atoms with Crippen LogP contribution in [0.4, 0.5) is 5.69 Å². The monoisotopic (exact) mass is 358 g/mol. The molecular formula is C21H30N2O3. The molecule has 1 heterocycles. The first-order valence-corrected chi connectivity index (χ1v) is 9.75. The SMILES string of the molecule is CCC(C)(C)C1CCC(NC(=O)C[C@H]2Oc3ccccc3NC2=O)CC1. The zero-order chi connectivity index (χ0) is 18.7. The standard InChI is InChI=1S/C21H30N2O3/c1-4-21(2,3)14-9-11-15(12-10-14)22-19(24)13-18-20(25)23-16-7-5-6-8-17(16)26-18/h5-8,14-15,18H,4,9-13H2,1-3H3,(H,22,24)(H,23,25)/t14?,15?,18-/m1/s1. The number of anilines is 1. The van der Waals surface area contributed by atoms with E-state index in [0.717, 1.165) is 31.6 Å². The van der Waals surface area contributed by atoms with Crippen LogP contribution in [0, 0.1) is 11.3 Å². The zero-order valence-electron chi connectivity index (χ0n) is 16.0. The van der Waals surface area contributed by atoms with Crippen LogP contribution in [0.2, 0.25) is 0 Å². The van der Waals surface area contributed by atoms with Crippen molar-refractivity contribution >= 4 is 17.5 Å². The summed E-state index contributed by atoms with van der Waals surface area (Å²) in [4.78, 5) is 24.6. The van der Waals surface area contributed by atoms with Gasteiger partial charge >= 0.3 is 0 Å². The number of carbonyl (C=O) groups excluding carboxylic acids is 2. The van der Waals surface area contributed by atoms with E-state index in [-0.39, 0.29) is 24.3 Å². The number of rotatable bonds is 5. The van der Waals surface area contributed by atoms with Crippen LogP contribution >= 0.6 is 0 Å². The van der Waals surface area contributed by atoms with Crippen molar-refractivity contribution in [3.05, 3.63) is 24.3 Å². The van der Waals surface area contributed by atoms with Gasteiger partial charge in [-0.15, -0.1) is 0 Å². The molecule has 0 radical (unpaired) electrons. The first-order chi connectivity index (χ1) is 12.4. The van der Waals surface area contributed by atoms with Crippen molar-refractivity contribution in [3.63, 3.8) is 0 Å². The number of para-hydroxylation sites is 2. The third-order valence-corrected chi connectivity index (χ3v) is 6.19. The average Bonchev–Trinajstić information content (AvgIpc) is 2.63. The Bertz CT molecular complexity index is 663. The van der Waals surface area contributed by atoms with Gasteiger partial charge in [-0.3, -0.25) is 9.59 Å². The lowest BCUT2D eigenvalue weighted by molar-refractivity contribution is -0.131. The number of hydrogen-bond acceptors (Lipinski definition) is 3. The molecule has 1 fully saturated rings. The minimum absolute atomic E-state index is 0.0561. The summed E-state index contributed by atoms with van der Waals surface area (Å²) in [6, 6.07) is 7.50. The van der Waals surface area contributed by atoms with Gasteiger partial charge in [-0.2, -0.15) is 0 Å². The third-order valence-electron chi connectivity index (χ3n) is 6.19. The Morgan fingerprint density at radius 3 is 2.62 bits per heavy atom. The molecule has 142 valence electrons. The van der Waals surface area contributed by atoms with Crippen molar-refractivity contribution in [1.29, 1.82) is 0 Å². The fourth-order valence-electron chi connectivity index (χ4n) is 3.99. The highest BCUT2D eigenvalue weighted by molar-refractivity contribution is 5.99. The van der Waals surface area contributed by atoms with Gasteiger partial charge in [0.25, 0.3) is 5.91 Å². The number of carbonyl (C=O) groups is 2. The molecule has 2 amide bonds. The van der Waals surface area contributed by atoms with Gasteiger partial charge < -0.3 is 15.4 Å². The lowest BCUT2D eigenvalue weighted by Gasteiger charge is -2.39. The first kappa shape index (κ1) is 18.7. The Morgan fingerprint density at radius 2 is 1.92 bits per heavy atom. The highest BCUT2D eigenvalue weighted by Crippen LogP contribution is 2.40. The molecule has 3 rings (SSSR count). The van der Waals surface area contributed by atoms with Gasteiger partial charge in [0, 0.05) is 6.04 Å². The number of nitrogens with one attached hydrogen (secondary N) is 2. The molecule has 2 aliphatic rings. The van der Waals surface area contributed by atoms with Gasteiger partial charge in [-0.25, -0.2) is 0 Å². The molecule has 1 aromatic carbocycles. The zero-order valence-corrected chi connectivity index (χ0v) is 16.0. The summed E-state index contributed by atoms with van der Waals surface area (Å²) in [6.07, 6.45) is 4.81. The van der Waals surface area contributed by atoms with Crippen LogP contribution in [0.1, 0.15) is 59.3 Å². The predicted molar refractivity (Wildman–Crippen MR) is 102 cm³/mol. The molecule has 0 aromatic heterocycles. The van der Waals surface area contributed by atoms with E-state index in [2.05, 4.69) is 31.4 Å². The van der Waals surface area contributed by atoms with Gasteiger partial charge in [-0.1, -0.05) is 39.3 Å². The fraction of sp³-hybridized carbons (Fsp3) is 0.619. The van der Waals surface area contributed by atoms with Crippen molar-refractivity contribution in [2.45, 2.75) is 71.4 Å². The largest absolute Gasteiger partial charge is 0.478 e. The first-order valence-electron chi connectivity index (χ1n) is 9.75. The Morgan fingerprint density at radius 1 is 1.23 bits per heavy atom. The second-order valence-electron chi connectivity index (χ2n) is 8.25. The van der Waals surface area contributed by atoms with Crippen LogP contribution in [-0.2, 0) is 9.59 Å². The minimum atomic E-state index is -0.764. The van der Waals surface area contributed by atoms with E-state index in [9.17, 15) is 9.59 Å². The normalized spacial score (nSPS) is 25.7. The summed E-state index contributed by atoms with van der Waals surface area (Å²) in [7, 11) is 0. The van der Waals surface area contributed by atoms with E-state index < -0.39 is 6.10 Å². The van der Waals surface area contributed by atoms with Crippen molar-refractivity contribution in [3.8, 4) is 5.75 Å². The summed E-state index contributed by atoms with van der Waals surface area (Å²) in [5, 5.41) is 5.91. The molecule has 5 heteroatoms. The summed E-state index contributed by atoms with van der Waals surface area (Å²) in [5.41, 5.74) is 1.03. The highest BCUT2D eigenvalue weighted by atomic mass is 16.5.